The minimum atomic E-state index is 0.338. The second-order valence-corrected chi connectivity index (χ2v) is 5.20. The smallest absolute Gasteiger partial charge is 0.135 e. The van der Waals surface area contributed by atoms with E-state index in [0.29, 0.717) is 18.2 Å². The van der Waals surface area contributed by atoms with Gasteiger partial charge in [-0.25, -0.2) is 9.97 Å². The van der Waals surface area contributed by atoms with E-state index in [1.165, 1.54) is 0 Å². The van der Waals surface area contributed by atoms with E-state index >= 15 is 0 Å². The number of anilines is 1. The fraction of sp³-hybridized carbons (Fsp3) is 0.375. The molecule has 1 heterocycles. The van der Waals surface area contributed by atoms with E-state index in [9.17, 15) is 0 Å². The Bertz CT molecular complexity index is 568. The third-order valence-corrected chi connectivity index (χ3v) is 3.31. The van der Waals surface area contributed by atoms with Gasteiger partial charge in [0.25, 0.3) is 0 Å². The Kier molecular flexibility index (Phi) is 4.23. The van der Waals surface area contributed by atoms with Crippen molar-refractivity contribution >= 4 is 5.82 Å². The molecule has 1 aromatic carbocycles. The molecule has 2 N–H and O–H groups in total. The highest BCUT2D eigenvalue weighted by Crippen LogP contribution is 2.23. The lowest BCUT2D eigenvalue weighted by Gasteiger charge is -2.13. The standard InChI is InChI=1S/C16H21N3O/c1-10(2)15-11(3)18-14(19-16(15)17)9-12-5-7-13(20-4)8-6-12/h5-8,10H,9H2,1-4H3,(H2,17,18,19). The molecule has 0 amide bonds. The average Bonchev–Trinajstić information content (AvgIpc) is 2.38. The Labute approximate surface area is 120 Å². The number of ether oxygens (including phenoxy) is 1. The summed E-state index contributed by atoms with van der Waals surface area (Å²) in [5, 5.41) is 0. The first kappa shape index (κ1) is 14.3. The first-order chi connectivity index (χ1) is 9.51. The lowest BCUT2D eigenvalue weighted by atomic mass is 10.0. The number of rotatable bonds is 4. The van der Waals surface area contributed by atoms with Crippen molar-refractivity contribution in [3.05, 3.63) is 46.9 Å². The second kappa shape index (κ2) is 5.90. The monoisotopic (exact) mass is 271 g/mol. The van der Waals surface area contributed by atoms with Crippen molar-refractivity contribution in [1.82, 2.24) is 9.97 Å². The van der Waals surface area contributed by atoms with Gasteiger partial charge in [-0.15, -0.1) is 0 Å². The summed E-state index contributed by atoms with van der Waals surface area (Å²) in [5.41, 5.74) is 9.21. The fourth-order valence-electron chi connectivity index (χ4n) is 2.38. The van der Waals surface area contributed by atoms with E-state index < -0.39 is 0 Å². The van der Waals surface area contributed by atoms with Crippen molar-refractivity contribution in [1.29, 1.82) is 0 Å². The Hall–Kier alpha value is -2.10. The summed E-state index contributed by atoms with van der Waals surface area (Å²) in [6.45, 7) is 6.20. The summed E-state index contributed by atoms with van der Waals surface area (Å²) in [4.78, 5) is 9.00. The van der Waals surface area contributed by atoms with Gasteiger partial charge in [-0.3, -0.25) is 0 Å². The third-order valence-electron chi connectivity index (χ3n) is 3.31. The number of aryl methyl sites for hydroxylation is 1. The number of hydrogen-bond donors (Lipinski definition) is 1. The lowest BCUT2D eigenvalue weighted by Crippen LogP contribution is -2.09. The second-order valence-electron chi connectivity index (χ2n) is 5.20. The number of nitrogen functional groups attached to an aromatic ring is 1. The van der Waals surface area contributed by atoms with Gasteiger partial charge in [-0.2, -0.15) is 0 Å². The minimum absolute atomic E-state index is 0.338. The van der Waals surface area contributed by atoms with Crippen LogP contribution in [-0.2, 0) is 6.42 Å². The molecule has 0 aliphatic rings. The Morgan fingerprint density at radius 2 is 1.80 bits per heavy atom. The van der Waals surface area contributed by atoms with Gasteiger partial charge >= 0.3 is 0 Å². The summed E-state index contributed by atoms with van der Waals surface area (Å²) in [6, 6.07) is 7.91. The molecule has 106 valence electrons. The molecule has 0 unspecified atom stereocenters. The van der Waals surface area contributed by atoms with Crippen LogP contribution >= 0.6 is 0 Å². The van der Waals surface area contributed by atoms with Crippen LogP contribution in [0.3, 0.4) is 0 Å². The van der Waals surface area contributed by atoms with Gasteiger partial charge in [0.2, 0.25) is 0 Å². The van der Waals surface area contributed by atoms with Crippen molar-refractivity contribution in [3.8, 4) is 5.75 Å². The van der Waals surface area contributed by atoms with E-state index in [1.807, 2.05) is 31.2 Å². The first-order valence-electron chi connectivity index (χ1n) is 6.77. The van der Waals surface area contributed by atoms with Gasteiger partial charge in [-0.05, 0) is 30.5 Å². The van der Waals surface area contributed by atoms with Gasteiger partial charge in [0, 0.05) is 17.7 Å². The number of aromatic nitrogens is 2. The molecule has 0 radical (unpaired) electrons. The van der Waals surface area contributed by atoms with Crippen LogP contribution in [0.2, 0.25) is 0 Å². The van der Waals surface area contributed by atoms with Gasteiger partial charge in [0.1, 0.15) is 17.4 Å². The molecule has 4 heteroatoms. The first-order valence-corrected chi connectivity index (χ1v) is 6.77. The third kappa shape index (κ3) is 3.07. The van der Waals surface area contributed by atoms with Gasteiger partial charge < -0.3 is 10.5 Å². The number of hydrogen-bond acceptors (Lipinski definition) is 4. The van der Waals surface area contributed by atoms with Crippen LogP contribution in [0, 0.1) is 6.92 Å². The predicted molar refractivity (Wildman–Crippen MR) is 81.1 cm³/mol. The topological polar surface area (TPSA) is 61.0 Å². The van der Waals surface area contributed by atoms with E-state index in [2.05, 4.69) is 23.8 Å². The van der Waals surface area contributed by atoms with Crippen LogP contribution in [0.5, 0.6) is 5.75 Å². The fourth-order valence-corrected chi connectivity index (χ4v) is 2.38. The molecule has 0 atom stereocenters. The molecule has 2 rings (SSSR count). The van der Waals surface area contributed by atoms with Gasteiger partial charge in [0.15, 0.2) is 0 Å². The molecule has 0 aliphatic carbocycles. The van der Waals surface area contributed by atoms with Crippen molar-refractivity contribution in [2.75, 3.05) is 12.8 Å². The minimum Gasteiger partial charge on any atom is -0.497 e. The lowest BCUT2D eigenvalue weighted by molar-refractivity contribution is 0.414. The van der Waals surface area contributed by atoms with Gasteiger partial charge in [-0.1, -0.05) is 26.0 Å². The number of benzene rings is 1. The molecule has 0 aliphatic heterocycles. The SMILES string of the molecule is COc1ccc(Cc2nc(C)c(C(C)C)c(N)n2)cc1. The maximum Gasteiger partial charge on any atom is 0.135 e. The molecule has 20 heavy (non-hydrogen) atoms. The molecule has 0 spiro atoms. The maximum absolute atomic E-state index is 6.05. The molecule has 0 fully saturated rings. The van der Waals surface area contributed by atoms with Crippen molar-refractivity contribution in [2.24, 2.45) is 0 Å². The average molecular weight is 271 g/mol. The molecule has 0 saturated heterocycles. The molecule has 0 saturated carbocycles. The zero-order valence-corrected chi connectivity index (χ0v) is 12.5. The highest BCUT2D eigenvalue weighted by Gasteiger charge is 2.12. The molecule has 2 aromatic rings. The van der Waals surface area contributed by atoms with Crippen LogP contribution in [0.4, 0.5) is 5.82 Å². The van der Waals surface area contributed by atoms with E-state index in [4.69, 9.17) is 10.5 Å². The molecular formula is C16H21N3O. The molecular weight excluding hydrogens is 250 g/mol. The summed E-state index contributed by atoms with van der Waals surface area (Å²) < 4.78 is 5.15. The van der Waals surface area contributed by atoms with Crippen LogP contribution in [0.25, 0.3) is 0 Å². The Morgan fingerprint density at radius 1 is 1.15 bits per heavy atom. The highest BCUT2D eigenvalue weighted by molar-refractivity contribution is 5.44. The number of methoxy groups -OCH3 is 1. The van der Waals surface area contributed by atoms with Crippen LogP contribution in [0.15, 0.2) is 24.3 Å². The highest BCUT2D eigenvalue weighted by atomic mass is 16.5. The van der Waals surface area contributed by atoms with Crippen LogP contribution in [0.1, 0.15) is 42.4 Å². The van der Waals surface area contributed by atoms with E-state index in [0.717, 1.165) is 28.4 Å². The van der Waals surface area contributed by atoms with Crippen molar-refractivity contribution in [2.45, 2.75) is 33.1 Å². The van der Waals surface area contributed by atoms with Gasteiger partial charge in [0.05, 0.1) is 7.11 Å². The summed E-state index contributed by atoms with van der Waals surface area (Å²) in [7, 11) is 1.66. The van der Waals surface area contributed by atoms with E-state index in [1.54, 1.807) is 7.11 Å². The molecule has 1 aromatic heterocycles. The zero-order chi connectivity index (χ0) is 14.7. The normalized spacial score (nSPS) is 10.8. The van der Waals surface area contributed by atoms with Crippen LogP contribution in [-0.4, -0.2) is 17.1 Å². The summed E-state index contributed by atoms with van der Waals surface area (Å²) in [6.07, 6.45) is 0.674. The van der Waals surface area contributed by atoms with Crippen molar-refractivity contribution in [3.63, 3.8) is 0 Å². The molecule has 0 bridgehead atoms. The Morgan fingerprint density at radius 3 is 2.30 bits per heavy atom. The van der Waals surface area contributed by atoms with Crippen molar-refractivity contribution < 1.29 is 4.74 Å². The predicted octanol–water partition coefficient (Wildman–Crippen LogP) is 3.09. The number of nitrogens with zero attached hydrogens (tertiary/aromatic N) is 2. The maximum atomic E-state index is 6.05. The van der Waals surface area contributed by atoms with Crippen LogP contribution < -0.4 is 10.5 Å². The quantitative estimate of drug-likeness (QED) is 0.928. The molecule has 4 nitrogen and oxygen atoms in total. The Balaban J connectivity index is 2.25. The summed E-state index contributed by atoms with van der Waals surface area (Å²) >= 11 is 0. The van der Waals surface area contributed by atoms with E-state index in [-0.39, 0.29) is 0 Å². The zero-order valence-electron chi connectivity index (χ0n) is 12.5. The largest absolute Gasteiger partial charge is 0.497 e. The number of nitrogens with two attached hydrogens (primary N) is 1. The summed E-state index contributed by atoms with van der Waals surface area (Å²) in [5.74, 6) is 2.54.